The van der Waals surface area contributed by atoms with E-state index in [1.165, 1.54) is 12.8 Å². The predicted octanol–water partition coefficient (Wildman–Crippen LogP) is 4.05. The molecule has 0 N–H and O–H groups in total. The van der Waals surface area contributed by atoms with Crippen LogP contribution in [0.15, 0.2) is 58.9 Å². The molecule has 0 aliphatic rings. The fraction of sp³-hybridized carbons (Fsp3) is 0.286. The lowest BCUT2D eigenvalue weighted by Crippen LogP contribution is -1.91. The first-order chi connectivity index (χ1) is 7.75. The van der Waals surface area contributed by atoms with E-state index in [4.69, 9.17) is 0 Å². The summed E-state index contributed by atoms with van der Waals surface area (Å²) in [5.41, 5.74) is 0. The fourth-order valence-corrected chi connectivity index (χ4v) is 2.22. The monoisotopic (exact) mass is 234 g/mol. The lowest BCUT2D eigenvalue weighted by molar-refractivity contribution is 0.687. The van der Waals surface area contributed by atoms with Crippen LogP contribution in [0.2, 0.25) is 0 Å². The highest BCUT2D eigenvalue weighted by Gasteiger charge is 2.03. The SMILES string of the molecule is C=C(/C=C/CCCC)S(=O)c1ccccc1. The minimum atomic E-state index is -1.11. The van der Waals surface area contributed by atoms with Gasteiger partial charge in [0.15, 0.2) is 0 Å². The first-order valence-electron chi connectivity index (χ1n) is 5.58. The third-order valence-electron chi connectivity index (χ3n) is 2.22. The van der Waals surface area contributed by atoms with E-state index >= 15 is 0 Å². The molecule has 0 fully saturated rings. The van der Waals surface area contributed by atoms with E-state index in [1.807, 2.05) is 42.5 Å². The predicted molar refractivity (Wildman–Crippen MR) is 70.7 cm³/mol. The Morgan fingerprint density at radius 3 is 2.69 bits per heavy atom. The molecule has 2 heteroatoms. The molecule has 1 aromatic carbocycles. The molecule has 0 heterocycles. The van der Waals surface area contributed by atoms with Gasteiger partial charge in [0.25, 0.3) is 0 Å². The van der Waals surface area contributed by atoms with Gasteiger partial charge in [0.1, 0.15) is 0 Å². The number of unbranched alkanes of at least 4 members (excludes halogenated alkanes) is 2. The van der Waals surface area contributed by atoms with Crippen molar-refractivity contribution in [1.82, 2.24) is 0 Å². The minimum absolute atomic E-state index is 0.669. The summed E-state index contributed by atoms with van der Waals surface area (Å²) in [5, 5.41) is 0. The second-order valence-corrected chi connectivity index (χ2v) is 5.13. The van der Waals surface area contributed by atoms with E-state index in [9.17, 15) is 4.21 Å². The van der Waals surface area contributed by atoms with Gasteiger partial charge < -0.3 is 0 Å². The summed E-state index contributed by atoms with van der Waals surface area (Å²) in [6, 6.07) is 9.42. The molecule has 1 rings (SSSR count). The molecular weight excluding hydrogens is 216 g/mol. The van der Waals surface area contributed by atoms with Crippen molar-refractivity contribution in [2.24, 2.45) is 0 Å². The Kier molecular flexibility index (Phi) is 5.79. The van der Waals surface area contributed by atoms with Crippen molar-refractivity contribution in [1.29, 1.82) is 0 Å². The molecule has 0 aromatic heterocycles. The zero-order valence-corrected chi connectivity index (χ0v) is 10.5. The van der Waals surface area contributed by atoms with Gasteiger partial charge in [0.05, 0.1) is 10.8 Å². The van der Waals surface area contributed by atoms with Gasteiger partial charge in [-0.2, -0.15) is 0 Å². The summed E-state index contributed by atoms with van der Waals surface area (Å²) in [4.78, 5) is 1.48. The van der Waals surface area contributed by atoms with E-state index < -0.39 is 10.8 Å². The zero-order chi connectivity index (χ0) is 11.8. The number of rotatable bonds is 6. The summed E-state index contributed by atoms with van der Waals surface area (Å²) in [5.74, 6) is 0. The third kappa shape index (κ3) is 4.15. The normalized spacial score (nSPS) is 12.8. The molecule has 16 heavy (non-hydrogen) atoms. The minimum Gasteiger partial charge on any atom is -0.249 e. The standard InChI is InChI=1S/C14H18OS/c1-3-4-5-7-10-13(2)16(15)14-11-8-6-9-12-14/h6-12H,2-5H2,1H3/b10-7+. The van der Waals surface area contributed by atoms with E-state index in [0.717, 1.165) is 11.3 Å². The van der Waals surface area contributed by atoms with Crippen LogP contribution in [-0.2, 0) is 10.8 Å². The summed E-state index contributed by atoms with van der Waals surface area (Å²) in [6.07, 6.45) is 7.30. The maximum atomic E-state index is 12.0. The van der Waals surface area contributed by atoms with Crippen LogP contribution < -0.4 is 0 Å². The van der Waals surface area contributed by atoms with E-state index in [1.54, 1.807) is 0 Å². The van der Waals surface area contributed by atoms with Gasteiger partial charge in [-0.25, -0.2) is 4.21 Å². The molecular formula is C14H18OS. The zero-order valence-electron chi connectivity index (χ0n) is 9.69. The van der Waals surface area contributed by atoms with Gasteiger partial charge >= 0.3 is 0 Å². The second kappa shape index (κ2) is 7.18. The Morgan fingerprint density at radius 1 is 1.38 bits per heavy atom. The molecule has 0 amide bonds. The van der Waals surface area contributed by atoms with E-state index in [2.05, 4.69) is 13.5 Å². The molecule has 1 unspecified atom stereocenters. The van der Waals surface area contributed by atoms with Crippen LogP contribution in [0, 0.1) is 0 Å². The van der Waals surface area contributed by atoms with Crippen LogP contribution in [0.1, 0.15) is 26.2 Å². The van der Waals surface area contributed by atoms with Crippen molar-refractivity contribution in [2.75, 3.05) is 0 Å². The third-order valence-corrected chi connectivity index (χ3v) is 3.54. The smallest absolute Gasteiger partial charge is 0.0843 e. The number of allylic oxidation sites excluding steroid dienone is 2. The van der Waals surface area contributed by atoms with Gasteiger partial charge in [0, 0.05) is 9.80 Å². The molecule has 0 saturated carbocycles. The molecule has 0 aliphatic carbocycles. The molecule has 1 aromatic rings. The Hall–Kier alpha value is -1.15. The highest BCUT2D eigenvalue weighted by atomic mass is 32.2. The Morgan fingerprint density at radius 2 is 2.06 bits per heavy atom. The summed E-state index contributed by atoms with van der Waals surface area (Å²) in [7, 11) is -1.11. The molecule has 0 saturated heterocycles. The number of benzene rings is 1. The van der Waals surface area contributed by atoms with Gasteiger partial charge in [-0.3, -0.25) is 0 Å². The molecule has 0 radical (unpaired) electrons. The van der Waals surface area contributed by atoms with Crippen LogP contribution in [-0.4, -0.2) is 4.21 Å². The van der Waals surface area contributed by atoms with Crippen LogP contribution in [0.3, 0.4) is 0 Å². The van der Waals surface area contributed by atoms with Crippen molar-refractivity contribution in [2.45, 2.75) is 31.1 Å². The van der Waals surface area contributed by atoms with Crippen LogP contribution in [0.4, 0.5) is 0 Å². The van der Waals surface area contributed by atoms with E-state index in [-0.39, 0.29) is 0 Å². The maximum Gasteiger partial charge on any atom is 0.0843 e. The highest BCUT2D eigenvalue weighted by Crippen LogP contribution is 2.13. The Balaban J connectivity index is 2.55. The summed E-state index contributed by atoms with van der Waals surface area (Å²) in [6.45, 7) is 6.00. The van der Waals surface area contributed by atoms with Crippen LogP contribution in [0.5, 0.6) is 0 Å². The van der Waals surface area contributed by atoms with Crippen molar-refractivity contribution in [3.63, 3.8) is 0 Å². The lowest BCUT2D eigenvalue weighted by atomic mass is 10.2. The molecule has 0 bridgehead atoms. The van der Waals surface area contributed by atoms with Crippen molar-refractivity contribution >= 4 is 10.8 Å². The lowest BCUT2D eigenvalue weighted by Gasteiger charge is -2.00. The maximum absolute atomic E-state index is 12.0. The quantitative estimate of drug-likeness (QED) is 0.536. The average molecular weight is 234 g/mol. The van der Waals surface area contributed by atoms with Gasteiger partial charge in [-0.1, -0.05) is 56.7 Å². The molecule has 1 nitrogen and oxygen atoms in total. The Labute approximate surface area is 100 Å². The largest absolute Gasteiger partial charge is 0.249 e. The van der Waals surface area contributed by atoms with E-state index in [0.29, 0.717) is 4.91 Å². The van der Waals surface area contributed by atoms with Crippen molar-refractivity contribution in [3.8, 4) is 0 Å². The topological polar surface area (TPSA) is 17.1 Å². The molecule has 0 spiro atoms. The van der Waals surface area contributed by atoms with Gasteiger partial charge in [-0.15, -0.1) is 0 Å². The van der Waals surface area contributed by atoms with Crippen molar-refractivity contribution in [3.05, 3.63) is 54.0 Å². The molecule has 86 valence electrons. The van der Waals surface area contributed by atoms with Gasteiger partial charge in [0.2, 0.25) is 0 Å². The average Bonchev–Trinajstić information content (AvgIpc) is 2.34. The molecule has 0 aliphatic heterocycles. The van der Waals surface area contributed by atoms with Gasteiger partial charge in [-0.05, 0) is 18.6 Å². The first-order valence-corrected chi connectivity index (χ1v) is 6.73. The second-order valence-electron chi connectivity index (χ2n) is 3.59. The van der Waals surface area contributed by atoms with Crippen LogP contribution >= 0.6 is 0 Å². The fourth-order valence-electron chi connectivity index (χ4n) is 1.29. The summed E-state index contributed by atoms with van der Waals surface area (Å²) >= 11 is 0. The number of hydrogen-bond donors (Lipinski definition) is 0. The highest BCUT2D eigenvalue weighted by molar-refractivity contribution is 7.89. The Bertz CT molecular complexity index is 379. The first kappa shape index (κ1) is 12.9. The molecule has 1 atom stereocenters. The number of hydrogen-bond acceptors (Lipinski definition) is 1. The van der Waals surface area contributed by atoms with Crippen LogP contribution in [0.25, 0.3) is 0 Å². The van der Waals surface area contributed by atoms with Crippen molar-refractivity contribution < 1.29 is 4.21 Å². The summed E-state index contributed by atoms with van der Waals surface area (Å²) < 4.78 is 12.0.